The largest absolute Gasteiger partial charge is 0.504 e. The van der Waals surface area contributed by atoms with Gasteiger partial charge in [0.1, 0.15) is 5.69 Å². The van der Waals surface area contributed by atoms with Crippen LogP contribution in [0.1, 0.15) is 27.8 Å². The topological polar surface area (TPSA) is 82.1 Å². The van der Waals surface area contributed by atoms with Gasteiger partial charge in [-0.2, -0.15) is 5.10 Å². The van der Waals surface area contributed by atoms with E-state index in [1.54, 1.807) is 18.0 Å². The molecule has 1 aliphatic heterocycles. The highest BCUT2D eigenvalue weighted by Crippen LogP contribution is 2.28. The van der Waals surface area contributed by atoms with Gasteiger partial charge in [-0.25, -0.2) is 0 Å². The summed E-state index contributed by atoms with van der Waals surface area (Å²) in [5.41, 5.74) is 1.60. The highest BCUT2D eigenvalue weighted by Gasteiger charge is 2.34. The molecule has 1 amide bonds. The standard InChI is InChI=1S/C13H14N4O2/c1-8-12(18)11(16-15-8)13(19)17-6-9(7-17)10-4-2-3-5-14-10/h2-5,9,18H,6-7H2,1H3,(H,15,16). The third-order valence-corrected chi connectivity index (χ3v) is 3.40. The number of hydrogen-bond acceptors (Lipinski definition) is 4. The second-order valence-electron chi connectivity index (χ2n) is 4.69. The lowest BCUT2D eigenvalue weighted by molar-refractivity contribution is 0.0589. The Bertz CT molecular complexity index is 602. The first kappa shape index (κ1) is 11.7. The summed E-state index contributed by atoms with van der Waals surface area (Å²) in [7, 11) is 0. The van der Waals surface area contributed by atoms with E-state index in [2.05, 4.69) is 15.2 Å². The number of nitrogens with zero attached hydrogens (tertiary/aromatic N) is 3. The smallest absolute Gasteiger partial charge is 0.275 e. The molecule has 19 heavy (non-hydrogen) atoms. The van der Waals surface area contributed by atoms with Crippen molar-refractivity contribution in [3.63, 3.8) is 0 Å². The number of aromatic nitrogens is 3. The van der Waals surface area contributed by atoms with Crippen LogP contribution in [0.15, 0.2) is 24.4 Å². The quantitative estimate of drug-likeness (QED) is 0.843. The Morgan fingerprint density at radius 3 is 2.84 bits per heavy atom. The second-order valence-corrected chi connectivity index (χ2v) is 4.69. The Morgan fingerprint density at radius 1 is 1.47 bits per heavy atom. The molecular formula is C13H14N4O2. The van der Waals surface area contributed by atoms with Gasteiger partial charge in [0.2, 0.25) is 0 Å². The molecule has 0 radical (unpaired) electrons. The summed E-state index contributed by atoms with van der Waals surface area (Å²) in [5.74, 6) is -0.00659. The van der Waals surface area contributed by atoms with Gasteiger partial charge in [0.15, 0.2) is 11.4 Å². The lowest BCUT2D eigenvalue weighted by atomic mass is 9.95. The Balaban J connectivity index is 1.68. The Hall–Kier alpha value is -2.37. The van der Waals surface area contributed by atoms with Crippen molar-refractivity contribution in [1.82, 2.24) is 20.1 Å². The van der Waals surface area contributed by atoms with Crippen LogP contribution in [0, 0.1) is 6.92 Å². The zero-order chi connectivity index (χ0) is 13.4. The minimum atomic E-state index is -0.217. The number of pyridine rings is 1. The number of rotatable bonds is 2. The van der Waals surface area contributed by atoms with Crippen LogP contribution in [0.5, 0.6) is 5.75 Å². The fourth-order valence-electron chi connectivity index (χ4n) is 2.18. The van der Waals surface area contributed by atoms with Crippen molar-refractivity contribution in [2.24, 2.45) is 0 Å². The Morgan fingerprint density at radius 2 is 2.26 bits per heavy atom. The zero-order valence-electron chi connectivity index (χ0n) is 10.5. The zero-order valence-corrected chi connectivity index (χ0v) is 10.5. The van der Waals surface area contributed by atoms with Crippen molar-refractivity contribution in [2.75, 3.05) is 13.1 Å². The molecule has 0 aromatic carbocycles. The third-order valence-electron chi connectivity index (χ3n) is 3.40. The van der Waals surface area contributed by atoms with Crippen LogP contribution in [0.25, 0.3) is 0 Å². The number of carbonyl (C=O) groups excluding carboxylic acids is 1. The molecule has 3 rings (SSSR count). The van der Waals surface area contributed by atoms with Gasteiger partial charge in [0, 0.05) is 30.9 Å². The van der Waals surface area contributed by atoms with Crippen LogP contribution < -0.4 is 0 Å². The predicted octanol–water partition coefficient (Wildman–Crippen LogP) is 1.06. The van der Waals surface area contributed by atoms with E-state index < -0.39 is 0 Å². The lowest BCUT2D eigenvalue weighted by Gasteiger charge is -2.38. The van der Waals surface area contributed by atoms with Gasteiger partial charge in [-0.1, -0.05) is 6.07 Å². The Kier molecular flexibility index (Phi) is 2.70. The number of carbonyl (C=O) groups is 1. The monoisotopic (exact) mass is 258 g/mol. The van der Waals surface area contributed by atoms with E-state index in [1.807, 2.05) is 18.2 Å². The molecule has 6 heteroatoms. The molecule has 0 unspecified atom stereocenters. The fourth-order valence-corrected chi connectivity index (χ4v) is 2.18. The molecule has 0 spiro atoms. The van der Waals surface area contributed by atoms with E-state index in [0.29, 0.717) is 18.8 Å². The van der Waals surface area contributed by atoms with E-state index in [9.17, 15) is 9.90 Å². The number of aromatic hydroxyl groups is 1. The molecule has 3 heterocycles. The molecule has 2 N–H and O–H groups in total. The van der Waals surface area contributed by atoms with Crippen molar-refractivity contribution in [1.29, 1.82) is 0 Å². The minimum absolute atomic E-state index is 0.0636. The summed E-state index contributed by atoms with van der Waals surface area (Å²) in [6, 6.07) is 5.78. The van der Waals surface area contributed by atoms with Crippen LogP contribution in [-0.4, -0.2) is 44.2 Å². The van der Waals surface area contributed by atoms with Crippen LogP contribution >= 0.6 is 0 Å². The van der Waals surface area contributed by atoms with Crippen molar-refractivity contribution < 1.29 is 9.90 Å². The van der Waals surface area contributed by atoms with E-state index in [-0.39, 0.29) is 23.3 Å². The molecule has 0 saturated carbocycles. The maximum atomic E-state index is 12.1. The van der Waals surface area contributed by atoms with Crippen molar-refractivity contribution in [3.8, 4) is 5.75 Å². The lowest BCUT2D eigenvalue weighted by Crippen LogP contribution is -2.48. The average Bonchev–Trinajstić information content (AvgIpc) is 2.69. The predicted molar refractivity (Wildman–Crippen MR) is 67.9 cm³/mol. The van der Waals surface area contributed by atoms with Gasteiger partial charge in [-0.05, 0) is 19.1 Å². The molecule has 6 nitrogen and oxygen atoms in total. The van der Waals surface area contributed by atoms with E-state index in [4.69, 9.17) is 0 Å². The first-order valence-corrected chi connectivity index (χ1v) is 6.11. The fraction of sp³-hybridized carbons (Fsp3) is 0.308. The highest BCUT2D eigenvalue weighted by atomic mass is 16.3. The summed E-state index contributed by atoms with van der Waals surface area (Å²) in [6.07, 6.45) is 1.75. The number of aryl methyl sites for hydroxylation is 1. The summed E-state index contributed by atoms with van der Waals surface area (Å²) in [5, 5.41) is 16.1. The van der Waals surface area contributed by atoms with Crippen LogP contribution in [0.4, 0.5) is 0 Å². The number of aromatic amines is 1. The maximum absolute atomic E-state index is 12.1. The van der Waals surface area contributed by atoms with Crippen molar-refractivity contribution in [2.45, 2.75) is 12.8 Å². The van der Waals surface area contributed by atoms with E-state index in [1.165, 1.54) is 0 Å². The average molecular weight is 258 g/mol. The molecule has 1 fully saturated rings. The van der Waals surface area contributed by atoms with Crippen LogP contribution in [-0.2, 0) is 0 Å². The second kappa shape index (κ2) is 4.38. The van der Waals surface area contributed by atoms with Gasteiger partial charge in [0.25, 0.3) is 5.91 Å². The maximum Gasteiger partial charge on any atom is 0.275 e. The molecule has 98 valence electrons. The normalized spacial score (nSPS) is 15.3. The molecule has 2 aromatic rings. The molecule has 0 atom stereocenters. The number of hydrogen-bond donors (Lipinski definition) is 2. The van der Waals surface area contributed by atoms with E-state index >= 15 is 0 Å². The molecule has 0 aliphatic carbocycles. The van der Waals surface area contributed by atoms with Gasteiger partial charge in [-0.15, -0.1) is 0 Å². The van der Waals surface area contributed by atoms with Crippen LogP contribution in [0.3, 0.4) is 0 Å². The molecule has 0 bridgehead atoms. The van der Waals surface area contributed by atoms with Crippen LogP contribution in [0.2, 0.25) is 0 Å². The number of nitrogens with one attached hydrogen (secondary N) is 1. The SMILES string of the molecule is Cc1n[nH]c(C(=O)N2CC(c3ccccn3)C2)c1O. The summed E-state index contributed by atoms with van der Waals surface area (Å²) >= 11 is 0. The molecule has 2 aromatic heterocycles. The van der Waals surface area contributed by atoms with Gasteiger partial charge < -0.3 is 10.0 Å². The number of amides is 1. The Labute approximate surface area is 110 Å². The van der Waals surface area contributed by atoms with E-state index in [0.717, 1.165) is 5.69 Å². The summed E-state index contributed by atoms with van der Waals surface area (Å²) < 4.78 is 0. The summed E-state index contributed by atoms with van der Waals surface area (Å²) in [4.78, 5) is 18.1. The number of H-pyrrole nitrogens is 1. The van der Waals surface area contributed by atoms with Gasteiger partial charge in [0.05, 0.1) is 0 Å². The first-order chi connectivity index (χ1) is 9.16. The van der Waals surface area contributed by atoms with Gasteiger partial charge in [-0.3, -0.25) is 14.9 Å². The molecule has 1 saturated heterocycles. The molecular weight excluding hydrogens is 244 g/mol. The minimum Gasteiger partial charge on any atom is -0.504 e. The summed E-state index contributed by atoms with van der Waals surface area (Å²) in [6.45, 7) is 2.89. The molecule has 1 aliphatic rings. The van der Waals surface area contributed by atoms with Gasteiger partial charge >= 0.3 is 0 Å². The number of likely N-dealkylation sites (tertiary alicyclic amines) is 1. The highest BCUT2D eigenvalue weighted by molar-refractivity contribution is 5.95. The third kappa shape index (κ3) is 1.95. The van der Waals surface area contributed by atoms with Crippen molar-refractivity contribution in [3.05, 3.63) is 41.5 Å². The van der Waals surface area contributed by atoms with Crippen molar-refractivity contribution >= 4 is 5.91 Å². The first-order valence-electron chi connectivity index (χ1n) is 6.11.